The first-order chi connectivity index (χ1) is 9.72. The maximum absolute atomic E-state index is 11.0. The second-order valence-electron chi connectivity index (χ2n) is 4.47. The van der Waals surface area contributed by atoms with E-state index in [0.29, 0.717) is 22.5 Å². The van der Waals surface area contributed by atoms with Crippen LogP contribution in [0.4, 0.5) is 5.69 Å². The molecule has 1 N–H and O–H groups in total. The van der Waals surface area contributed by atoms with Gasteiger partial charge in [0.15, 0.2) is 5.69 Å². The molecule has 0 saturated heterocycles. The van der Waals surface area contributed by atoms with E-state index >= 15 is 0 Å². The third kappa shape index (κ3) is 1.94. The summed E-state index contributed by atoms with van der Waals surface area (Å²) in [5.41, 5.74) is 1.64. The van der Waals surface area contributed by atoms with E-state index in [2.05, 4.69) is 5.18 Å². The van der Waals surface area contributed by atoms with Crippen molar-refractivity contribution in [3.63, 3.8) is 0 Å². The molecular weight excluding hydrogens is 276 g/mol. The molecule has 1 aromatic heterocycles. The van der Waals surface area contributed by atoms with Crippen molar-refractivity contribution >= 4 is 28.2 Å². The fourth-order valence-corrected chi connectivity index (χ4v) is 2.62. The molecule has 0 aliphatic rings. The summed E-state index contributed by atoms with van der Waals surface area (Å²) in [6, 6.07) is 14.8. The van der Waals surface area contributed by atoms with E-state index in [-0.39, 0.29) is 11.6 Å². The number of hydrogen-bond acceptors (Lipinski definition) is 3. The summed E-state index contributed by atoms with van der Waals surface area (Å²) in [6.07, 6.45) is 0. The number of aromatic nitrogens is 1. The molecule has 2 aromatic carbocycles. The van der Waals surface area contributed by atoms with Gasteiger partial charge in [-0.15, -0.1) is 4.91 Å². The number of nitroso groups, excluding NO2 is 1. The molecule has 20 heavy (non-hydrogen) atoms. The fraction of sp³-hybridized carbons (Fsp3) is 0.0667. The average Bonchev–Trinajstić information content (AvgIpc) is 2.73. The van der Waals surface area contributed by atoms with Gasteiger partial charge in [-0.05, 0) is 16.8 Å². The highest BCUT2D eigenvalue weighted by atomic mass is 35.5. The van der Waals surface area contributed by atoms with Crippen molar-refractivity contribution in [1.29, 1.82) is 0 Å². The van der Waals surface area contributed by atoms with Crippen LogP contribution in [0.5, 0.6) is 5.88 Å². The van der Waals surface area contributed by atoms with Crippen LogP contribution in [0.1, 0.15) is 5.56 Å². The van der Waals surface area contributed by atoms with Gasteiger partial charge < -0.3 is 9.67 Å². The topological polar surface area (TPSA) is 54.6 Å². The summed E-state index contributed by atoms with van der Waals surface area (Å²) < 4.78 is 1.60. The minimum Gasteiger partial charge on any atom is -0.493 e. The Morgan fingerprint density at radius 2 is 1.85 bits per heavy atom. The Labute approximate surface area is 120 Å². The number of rotatable bonds is 3. The molecule has 0 atom stereocenters. The molecule has 3 aromatic rings. The molecule has 0 aliphatic carbocycles. The first kappa shape index (κ1) is 12.7. The number of hydrogen-bond donors (Lipinski definition) is 1. The first-order valence-electron chi connectivity index (χ1n) is 6.09. The van der Waals surface area contributed by atoms with E-state index in [1.807, 2.05) is 30.3 Å². The van der Waals surface area contributed by atoms with Crippen molar-refractivity contribution in [1.82, 2.24) is 4.57 Å². The van der Waals surface area contributed by atoms with Crippen molar-refractivity contribution in [3.05, 3.63) is 64.0 Å². The van der Waals surface area contributed by atoms with E-state index in [0.717, 1.165) is 5.56 Å². The van der Waals surface area contributed by atoms with Crippen LogP contribution >= 0.6 is 11.6 Å². The van der Waals surface area contributed by atoms with E-state index in [1.54, 1.807) is 22.8 Å². The highest BCUT2D eigenvalue weighted by molar-refractivity contribution is 6.35. The van der Waals surface area contributed by atoms with Gasteiger partial charge in [0, 0.05) is 5.39 Å². The maximum atomic E-state index is 11.0. The second kappa shape index (κ2) is 4.98. The Balaban J connectivity index is 2.24. The summed E-state index contributed by atoms with van der Waals surface area (Å²) in [5, 5.41) is 14.2. The van der Waals surface area contributed by atoms with Gasteiger partial charge in [0.1, 0.15) is 0 Å². The molecule has 0 amide bonds. The summed E-state index contributed by atoms with van der Waals surface area (Å²) in [4.78, 5) is 11.0. The Kier molecular flexibility index (Phi) is 3.16. The first-order valence-corrected chi connectivity index (χ1v) is 6.47. The van der Waals surface area contributed by atoms with Gasteiger partial charge in [-0.1, -0.05) is 54.1 Å². The third-order valence-corrected chi connectivity index (χ3v) is 3.56. The lowest BCUT2D eigenvalue weighted by atomic mass is 10.2. The molecule has 0 spiro atoms. The highest BCUT2D eigenvalue weighted by Gasteiger charge is 2.19. The molecular formula is C15H11ClN2O2. The van der Waals surface area contributed by atoms with Crippen molar-refractivity contribution < 1.29 is 5.11 Å². The zero-order chi connectivity index (χ0) is 14.1. The predicted octanol–water partition coefficient (Wildman–Crippen LogP) is 4.45. The van der Waals surface area contributed by atoms with Gasteiger partial charge in [0.05, 0.1) is 17.1 Å². The van der Waals surface area contributed by atoms with Crippen LogP contribution < -0.4 is 0 Å². The zero-order valence-electron chi connectivity index (χ0n) is 10.5. The van der Waals surface area contributed by atoms with Crippen molar-refractivity contribution in [2.75, 3.05) is 0 Å². The molecule has 1 heterocycles. The normalized spacial score (nSPS) is 10.8. The lowest BCUT2D eigenvalue weighted by Crippen LogP contribution is -1.98. The number of benzene rings is 2. The van der Waals surface area contributed by atoms with E-state index in [1.165, 1.54) is 0 Å². The Morgan fingerprint density at radius 1 is 1.10 bits per heavy atom. The van der Waals surface area contributed by atoms with Gasteiger partial charge in [-0.3, -0.25) is 0 Å². The SMILES string of the molecule is O=Nc1c(O)n(Cc2ccccc2)c2c(Cl)cccc12. The largest absolute Gasteiger partial charge is 0.493 e. The van der Waals surface area contributed by atoms with Gasteiger partial charge in [0.25, 0.3) is 0 Å². The van der Waals surface area contributed by atoms with E-state index in [9.17, 15) is 10.0 Å². The van der Waals surface area contributed by atoms with Gasteiger partial charge in [-0.25, -0.2) is 0 Å². The van der Waals surface area contributed by atoms with Crippen molar-refractivity contribution in [3.8, 4) is 5.88 Å². The van der Waals surface area contributed by atoms with Gasteiger partial charge in [0.2, 0.25) is 5.88 Å². The Bertz CT molecular complexity index is 781. The smallest absolute Gasteiger partial charge is 0.222 e. The lowest BCUT2D eigenvalue weighted by Gasteiger charge is -2.07. The number of nitrogens with zero attached hydrogens (tertiary/aromatic N) is 2. The summed E-state index contributed by atoms with van der Waals surface area (Å²) in [7, 11) is 0. The number of para-hydroxylation sites is 1. The predicted molar refractivity (Wildman–Crippen MR) is 79.6 cm³/mol. The molecule has 0 radical (unpaired) electrons. The summed E-state index contributed by atoms with van der Waals surface area (Å²) >= 11 is 6.20. The molecule has 0 aliphatic heterocycles. The van der Waals surface area contributed by atoms with Crippen LogP contribution in [-0.4, -0.2) is 9.67 Å². The number of aromatic hydroxyl groups is 1. The summed E-state index contributed by atoms with van der Waals surface area (Å²) in [6.45, 7) is 0.419. The quantitative estimate of drug-likeness (QED) is 0.723. The van der Waals surface area contributed by atoms with Gasteiger partial charge >= 0.3 is 0 Å². The molecule has 100 valence electrons. The molecule has 0 unspecified atom stereocenters. The van der Waals surface area contributed by atoms with Gasteiger partial charge in [-0.2, -0.15) is 0 Å². The number of halogens is 1. The van der Waals surface area contributed by atoms with E-state index < -0.39 is 0 Å². The minimum absolute atomic E-state index is 0.0263. The van der Waals surface area contributed by atoms with Crippen molar-refractivity contribution in [2.24, 2.45) is 5.18 Å². The van der Waals surface area contributed by atoms with Crippen LogP contribution in [0.15, 0.2) is 53.7 Å². The molecule has 3 rings (SSSR count). The monoisotopic (exact) mass is 286 g/mol. The molecule has 0 fully saturated rings. The van der Waals surface area contributed by atoms with Crippen LogP contribution in [0.3, 0.4) is 0 Å². The lowest BCUT2D eigenvalue weighted by molar-refractivity contribution is 0.430. The van der Waals surface area contributed by atoms with Crippen LogP contribution in [0.25, 0.3) is 10.9 Å². The molecule has 0 bridgehead atoms. The van der Waals surface area contributed by atoms with Crippen molar-refractivity contribution in [2.45, 2.75) is 6.54 Å². The van der Waals surface area contributed by atoms with Crippen LogP contribution in [-0.2, 0) is 6.54 Å². The Hall–Kier alpha value is -2.33. The fourth-order valence-electron chi connectivity index (χ4n) is 2.34. The maximum Gasteiger partial charge on any atom is 0.222 e. The summed E-state index contributed by atoms with van der Waals surface area (Å²) in [5.74, 6) is -0.160. The van der Waals surface area contributed by atoms with Crippen LogP contribution in [0, 0.1) is 4.91 Å². The standard InChI is InChI=1S/C15H11ClN2O2/c16-12-8-4-7-11-13(17-20)15(19)18(14(11)12)9-10-5-2-1-3-6-10/h1-8,19H,9H2. The number of fused-ring (bicyclic) bond motifs is 1. The highest BCUT2D eigenvalue weighted by Crippen LogP contribution is 2.41. The Morgan fingerprint density at radius 3 is 2.55 bits per heavy atom. The zero-order valence-corrected chi connectivity index (χ0v) is 11.2. The van der Waals surface area contributed by atoms with Crippen LogP contribution in [0.2, 0.25) is 5.02 Å². The molecule has 0 saturated carbocycles. The molecule has 4 nitrogen and oxygen atoms in total. The third-order valence-electron chi connectivity index (χ3n) is 3.25. The average molecular weight is 287 g/mol. The van der Waals surface area contributed by atoms with E-state index in [4.69, 9.17) is 11.6 Å². The molecule has 5 heteroatoms. The minimum atomic E-state index is -0.160. The second-order valence-corrected chi connectivity index (χ2v) is 4.88.